The highest BCUT2D eigenvalue weighted by Gasteiger charge is 2.34. The van der Waals surface area contributed by atoms with Crippen molar-refractivity contribution in [2.45, 2.75) is 51.5 Å². The van der Waals surface area contributed by atoms with Gasteiger partial charge in [0.1, 0.15) is 6.04 Å². The number of rotatable bonds is 4. The maximum absolute atomic E-state index is 13.3. The standard InChI is InChI=1S/C22H30N4O2/c1-17-23-21(28-24-17)20-16-25(15-18-9-4-2-5-10-18)13-8-14-26(20)22(27)19-11-6-3-7-12-19/h3,6-7,11-12,18,20H,2,4-5,8-10,13-16H2,1H3. The lowest BCUT2D eigenvalue weighted by atomic mass is 9.89. The van der Waals surface area contributed by atoms with Gasteiger partial charge < -0.3 is 14.3 Å². The highest BCUT2D eigenvalue weighted by atomic mass is 16.5. The van der Waals surface area contributed by atoms with Gasteiger partial charge >= 0.3 is 0 Å². The summed E-state index contributed by atoms with van der Waals surface area (Å²) in [6, 6.07) is 9.31. The summed E-state index contributed by atoms with van der Waals surface area (Å²) in [6.07, 6.45) is 7.70. The molecule has 6 heteroatoms. The van der Waals surface area contributed by atoms with Crippen LogP contribution in [0.4, 0.5) is 0 Å². The molecule has 1 aliphatic heterocycles. The fraction of sp³-hybridized carbons (Fsp3) is 0.591. The van der Waals surface area contributed by atoms with E-state index in [0.717, 1.165) is 32.0 Å². The fourth-order valence-corrected chi connectivity index (χ4v) is 4.61. The Morgan fingerprint density at radius 1 is 1.11 bits per heavy atom. The topological polar surface area (TPSA) is 62.5 Å². The predicted octanol–water partition coefficient (Wildman–Crippen LogP) is 3.85. The molecular weight excluding hydrogens is 352 g/mol. The molecule has 1 saturated heterocycles. The Hall–Kier alpha value is -2.21. The van der Waals surface area contributed by atoms with Crippen molar-refractivity contribution >= 4 is 5.91 Å². The number of nitrogens with zero attached hydrogens (tertiary/aromatic N) is 4. The summed E-state index contributed by atoms with van der Waals surface area (Å²) < 4.78 is 5.53. The SMILES string of the molecule is Cc1noc(C2CN(CC3CCCCC3)CCCN2C(=O)c2ccccc2)n1. The van der Waals surface area contributed by atoms with E-state index < -0.39 is 0 Å². The molecule has 1 saturated carbocycles. The van der Waals surface area contributed by atoms with Crippen molar-refractivity contribution in [3.63, 3.8) is 0 Å². The third kappa shape index (κ3) is 4.43. The van der Waals surface area contributed by atoms with E-state index in [-0.39, 0.29) is 11.9 Å². The fourth-order valence-electron chi connectivity index (χ4n) is 4.61. The zero-order valence-electron chi connectivity index (χ0n) is 16.7. The van der Waals surface area contributed by atoms with Crippen LogP contribution in [0.15, 0.2) is 34.9 Å². The molecule has 2 aliphatic rings. The average Bonchev–Trinajstić information content (AvgIpc) is 3.05. The van der Waals surface area contributed by atoms with E-state index in [0.29, 0.717) is 23.8 Å². The van der Waals surface area contributed by atoms with E-state index in [1.165, 1.54) is 32.1 Å². The Morgan fingerprint density at radius 2 is 1.89 bits per heavy atom. The quantitative estimate of drug-likeness (QED) is 0.804. The van der Waals surface area contributed by atoms with E-state index in [1.807, 2.05) is 42.2 Å². The summed E-state index contributed by atoms with van der Waals surface area (Å²) >= 11 is 0. The Morgan fingerprint density at radius 3 is 2.61 bits per heavy atom. The van der Waals surface area contributed by atoms with Crippen LogP contribution in [0.5, 0.6) is 0 Å². The molecule has 4 rings (SSSR count). The van der Waals surface area contributed by atoms with Crippen molar-refractivity contribution in [3.05, 3.63) is 47.6 Å². The number of benzene rings is 1. The first-order chi connectivity index (χ1) is 13.7. The molecule has 0 N–H and O–H groups in total. The molecule has 1 aliphatic carbocycles. The summed E-state index contributed by atoms with van der Waals surface area (Å²) in [5.74, 6) is 1.98. The molecule has 0 spiro atoms. The molecule has 1 unspecified atom stereocenters. The van der Waals surface area contributed by atoms with Gasteiger partial charge in [-0.05, 0) is 50.8 Å². The normalized spacial score (nSPS) is 22.2. The minimum atomic E-state index is -0.194. The zero-order valence-corrected chi connectivity index (χ0v) is 16.7. The third-order valence-electron chi connectivity index (χ3n) is 6.03. The molecule has 0 bridgehead atoms. The number of carbonyl (C=O) groups is 1. The van der Waals surface area contributed by atoms with Crippen LogP contribution < -0.4 is 0 Å². The molecule has 28 heavy (non-hydrogen) atoms. The highest BCUT2D eigenvalue weighted by molar-refractivity contribution is 5.94. The molecule has 1 atom stereocenters. The van der Waals surface area contributed by atoms with Gasteiger partial charge in [-0.2, -0.15) is 4.98 Å². The lowest BCUT2D eigenvalue weighted by Gasteiger charge is -2.32. The van der Waals surface area contributed by atoms with Crippen LogP contribution in [0.3, 0.4) is 0 Å². The maximum Gasteiger partial charge on any atom is 0.254 e. The van der Waals surface area contributed by atoms with Gasteiger partial charge in [-0.25, -0.2) is 0 Å². The van der Waals surface area contributed by atoms with E-state index >= 15 is 0 Å². The monoisotopic (exact) mass is 382 g/mol. The molecule has 2 heterocycles. The lowest BCUT2D eigenvalue weighted by Crippen LogP contribution is -2.40. The van der Waals surface area contributed by atoms with Crippen LogP contribution in [0, 0.1) is 12.8 Å². The first-order valence-corrected chi connectivity index (χ1v) is 10.6. The first-order valence-electron chi connectivity index (χ1n) is 10.6. The van der Waals surface area contributed by atoms with Crippen molar-refractivity contribution in [2.75, 3.05) is 26.2 Å². The van der Waals surface area contributed by atoms with Gasteiger partial charge in [0.2, 0.25) is 0 Å². The van der Waals surface area contributed by atoms with Gasteiger partial charge in [-0.1, -0.05) is 42.6 Å². The van der Waals surface area contributed by atoms with Gasteiger partial charge in [0.15, 0.2) is 5.82 Å². The van der Waals surface area contributed by atoms with E-state index in [9.17, 15) is 4.79 Å². The number of hydrogen-bond donors (Lipinski definition) is 0. The number of aromatic nitrogens is 2. The average molecular weight is 383 g/mol. The molecule has 2 fully saturated rings. The Labute approximate surface area is 166 Å². The second-order valence-electron chi connectivity index (χ2n) is 8.18. The maximum atomic E-state index is 13.3. The van der Waals surface area contributed by atoms with Crippen LogP contribution in [-0.2, 0) is 0 Å². The van der Waals surface area contributed by atoms with Gasteiger partial charge in [-0.15, -0.1) is 0 Å². The van der Waals surface area contributed by atoms with Crippen molar-refractivity contribution in [3.8, 4) is 0 Å². The summed E-state index contributed by atoms with van der Waals surface area (Å²) in [4.78, 5) is 22.2. The van der Waals surface area contributed by atoms with Crippen LogP contribution in [-0.4, -0.2) is 52.0 Å². The molecule has 0 radical (unpaired) electrons. The molecule has 6 nitrogen and oxygen atoms in total. The molecular formula is C22H30N4O2. The second kappa shape index (κ2) is 8.86. The summed E-state index contributed by atoms with van der Waals surface area (Å²) in [5.41, 5.74) is 0.712. The second-order valence-corrected chi connectivity index (χ2v) is 8.18. The van der Waals surface area contributed by atoms with Crippen molar-refractivity contribution in [1.82, 2.24) is 19.9 Å². The van der Waals surface area contributed by atoms with Crippen molar-refractivity contribution in [1.29, 1.82) is 0 Å². The minimum Gasteiger partial charge on any atom is -0.337 e. The van der Waals surface area contributed by atoms with Crippen LogP contribution in [0.2, 0.25) is 0 Å². The number of aryl methyl sites for hydroxylation is 1. The molecule has 150 valence electrons. The lowest BCUT2D eigenvalue weighted by molar-refractivity contribution is 0.0626. The van der Waals surface area contributed by atoms with Gasteiger partial charge in [0.05, 0.1) is 0 Å². The Bertz CT molecular complexity index is 770. The van der Waals surface area contributed by atoms with Crippen molar-refractivity contribution < 1.29 is 9.32 Å². The van der Waals surface area contributed by atoms with E-state index in [2.05, 4.69) is 15.0 Å². The number of amides is 1. The molecule has 1 aromatic heterocycles. The number of carbonyl (C=O) groups excluding carboxylic acids is 1. The minimum absolute atomic E-state index is 0.0426. The number of hydrogen-bond acceptors (Lipinski definition) is 5. The highest BCUT2D eigenvalue weighted by Crippen LogP contribution is 2.29. The Balaban J connectivity index is 1.56. The third-order valence-corrected chi connectivity index (χ3v) is 6.03. The zero-order chi connectivity index (χ0) is 19.3. The van der Waals surface area contributed by atoms with Gasteiger partial charge in [0.25, 0.3) is 11.8 Å². The van der Waals surface area contributed by atoms with E-state index in [4.69, 9.17) is 4.52 Å². The summed E-state index contributed by atoms with van der Waals surface area (Å²) in [6.45, 7) is 5.42. The van der Waals surface area contributed by atoms with Crippen LogP contribution in [0.25, 0.3) is 0 Å². The van der Waals surface area contributed by atoms with Gasteiger partial charge in [-0.3, -0.25) is 4.79 Å². The smallest absolute Gasteiger partial charge is 0.254 e. The van der Waals surface area contributed by atoms with Crippen LogP contribution in [0.1, 0.15) is 66.6 Å². The molecule has 2 aromatic rings. The van der Waals surface area contributed by atoms with Crippen molar-refractivity contribution in [2.24, 2.45) is 5.92 Å². The predicted molar refractivity (Wildman–Crippen MR) is 107 cm³/mol. The largest absolute Gasteiger partial charge is 0.337 e. The first kappa shape index (κ1) is 19.1. The summed E-state index contributed by atoms with van der Waals surface area (Å²) in [5, 5.41) is 3.99. The van der Waals surface area contributed by atoms with E-state index in [1.54, 1.807) is 0 Å². The van der Waals surface area contributed by atoms with Crippen LogP contribution >= 0.6 is 0 Å². The molecule has 1 aromatic carbocycles. The molecule has 1 amide bonds. The Kier molecular flexibility index (Phi) is 6.05. The summed E-state index contributed by atoms with van der Waals surface area (Å²) in [7, 11) is 0. The van der Waals surface area contributed by atoms with Gasteiger partial charge in [0, 0.05) is 25.2 Å².